The molecule has 1 aromatic carbocycles. The van der Waals surface area contributed by atoms with Crippen molar-refractivity contribution in [1.29, 1.82) is 0 Å². The molecule has 5 rings (SSSR count). The van der Waals surface area contributed by atoms with E-state index >= 15 is 0 Å². The number of carbonyl (C=O) groups is 4. The number of fused-ring (bicyclic) bond motifs is 1. The topological polar surface area (TPSA) is 191 Å². The largest absolute Gasteiger partial charge is 0.340 e. The Morgan fingerprint density at radius 2 is 1.55 bits per heavy atom. The molecule has 17 heteroatoms. The van der Waals surface area contributed by atoms with Crippen LogP contribution in [0, 0.1) is 28.1 Å². The van der Waals surface area contributed by atoms with Crippen LogP contribution in [0.3, 0.4) is 0 Å². The van der Waals surface area contributed by atoms with Gasteiger partial charge in [0.1, 0.15) is 21.8 Å². The fourth-order valence-corrected chi connectivity index (χ4v) is 10.6. The highest BCUT2D eigenvalue weighted by Gasteiger charge is 2.70. The summed E-state index contributed by atoms with van der Waals surface area (Å²) < 4.78 is 55.6. The first-order valence-electron chi connectivity index (χ1n) is 17.6. The van der Waals surface area contributed by atoms with Crippen molar-refractivity contribution < 1.29 is 36.0 Å². The van der Waals surface area contributed by atoms with Gasteiger partial charge in [-0.3, -0.25) is 14.4 Å². The number of likely N-dealkylation sites (tertiary alicyclic amines) is 1. The van der Waals surface area contributed by atoms with Crippen LogP contribution in [-0.4, -0.2) is 93.6 Å². The third-order valence-electron chi connectivity index (χ3n) is 10.9. The Morgan fingerprint density at radius 3 is 2.08 bits per heavy atom. The predicted molar refractivity (Wildman–Crippen MR) is 200 cm³/mol. The Kier molecular flexibility index (Phi) is 10.7. The molecule has 0 bridgehead atoms. The molecular weight excluding hydrogens is 741 g/mol. The zero-order chi connectivity index (χ0) is 39.5. The van der Waals surface area contributed by atoms with Crippen molar-refractivity contribution in [2.45, 2.75) is 101 Å². The molecule has 1 aromatic heterocycles. The lowest BCUT2D eigenvalue weighted by Gasteiger charge is -2.39. The molecule has 2 saturated carbocycles. The highest BCUT2D eigenvalue weighted by Crippen LogP contribution is 2.65. The molecule has 5 amide bonds. The van der Waals surface area contributed by atoms with Crippen LogP contribution in [0.4, 0.5) is 4.79 Å². The second kappa shape index (κ2) is 13.9. The second-order valence-corrected chi connectivity index (χ2v) is 22.2. The van der Waals surface area contributed by atoms with Crippen molar-refractivity contribution in [2.24, 2.45) is 28.1 Å². The van der Waals surface area contributed by atoms with Gasteiger partial charge in [0.05, 0.1) is 4.90 Å². The Bertz CT molecular complexity index is 1950. The Hall–Kier alpha value is -3.54. The Morgan fingerprint density at radius 1 is 0.925 bits per heavy atom. The maximum absolute atomic E-state index is 14.5. The van der Waals surface area contributed by atoms with Crippen molar-refractivity contribution in [3.8, 4) is 0 Å². The lowest BCUT2D eigenvalue weighted by Crippen LogP contribution is -2.63. The average molecular weight is 793 g/mol. The van der Waals surface area contributed by atoms with Gasteiger partial charge in [0.25, 0.3) is 26.0 Å². The van der Waals surface area contributed by atoms with Gasteiger partial charge in [-0.1, -0.05) is 79.7 Å². The number of piperidine rings is 1. The summed E-state index contributed by atoms with van der Waals surface area (Å²) in [7, 11) is -6.51. The quantitative estimate of drug-likeness (QED) is 0.252. The summed E-state index contributed by atoms with van der Waals surface area (Å²) in [5, 5.41) is 10.2. The molecule has 2 heterocycles. The minimum atomic E-state index is -4.18. The van der Waals surface area contributed by atoms with Crippen LogP contribution >= 0.6 is 11.3 Å². The number of sulfonamides is 2. The summed E-state index contributed by atoms with van der Waals surface area (Å²) in [4.78, 5) is 57.0. The van der Waals surface area contributed by atoms with Gasteiger partial charge in [-0.05, 0) is 64.5 Å². The lowest BCUT2D eigenvalue weighted by atomic mass is 9.85. The van der Waals surface area contributed by atoms with E-state index in [1.165, 1.54) is 46.6 Å². The summed E-state index contributed by atoms with van der Waals surface area (Å²) in [5.41, 5.74) is -3.07. The molecule has 4 N–H and O–H groups in total. The van der Waals surface area contributed by atoms with Gasteiger partial charge in [0.2, 0.25) is 11.8 Å². The van der Waals surface area contributed by atoms with Gasteiger partial charge in [0, 0.05) is 26.2 Å². The maximum Gasteiger partial charge on any atom is 0.315 e. The Labute approximate surface area is 316 Å². The summed E-state index contributed by atoms with van der Waals surface area (Å²) >= 11 is 1.10. The predicted octanol–water partition coefficient (Wildman–Crippen LogP) is 3.13. The standard InChI is InChI=1S/C36H52N6O8S3/c1-33(2,3)24(21-41(9)53(49,50)25-16-13-19-51-25)37-32(46)38-28(34(4,5)6)30(44)42-20-23-26(35(23,7)8)27(42)29(43)39-36(17-18-36)31(45)40-52(47,48)22-14-11-10-12-15-22/h10-16,19,23-24,26-28H,17-18,20-21H2,1-9H3,(H,39,43)(H,40,45)(H2,37,38,46)/t23-,24+,26?,27-,28+/m0/s1. The van der Waals surface area contributed by atoms with Crippen molar-refractivity contribution in [1.82, 2.24) is 29.9 Å². The van der Waals surface area contributed by atoms with Crippen LogP contribution in [0.2, 0.25) is 0 Å². The zero-order valence-electron chi connectivity index (χ0n) is 31.7. The number of rotatable bonds is 12. The second-order valence-electron chi connectivity index (χ2n) is 17.3. The van der Waals surface area contributed by atoms with E-state index in [0.717, 1.165) is 11.3 Å². The summed E-state index contributed by atoms with van der Waals surface area (Å²) in [6, 6.07) is 7.29. The normalized spacial score (nSPS) is 23.0. The van der Waals surface area contributed by atoms with E-state index in [9.17, 15) is 36.0 Å². The number of thiophene rings is 1. The number of nitrogens with zero attached hydrogens (tertiary/aromatic N) is 2. The van der Waals surface area contributed by atoms with E-state index in [1.807, 2.05) is 34.6 Å². The van der Waals surface area contributed by atoms with E-state index < -0.39 is 78.3 Å². The fourth-order valence-electron chi connectivity index (χ4n) is 7.14. The minimum absolute atomic E-state index is 0.00480. The van der Waals surface area contributed by atoms with Crippen LogP contribution in [0.1, 0.15) is 68.2 Å². The van der Waals surface area contributed by atoms with E-state index in [0.29, 0.717) is 0 Å². The van der Waals surface area contributed by atoms with Crippen LogP contribution in [0.25, 0.3) is 0 Å². The van der Waals surface area contributed by atoms with Crippen molar-refractivity contribution in [3.63, 3.8) is 0 Å². The Balaban J connectivity index is 1.31. The first-order chi connectivity index (χ1) is 24.3. The molecule has 53 heavy (non-hydrogen) atoms. The fraction of sp³-hybridized carbons (Fsp3) is 0.611. The number of nitrogens with one attached hydrogen (secondary N) is 4. The van der Waals surface area contributed by atoms with Crippen LogP contribution in [0.15, 0.2) is 56.9 Å². The zero-order valence-corrected chi connectivity index (χ0v) is 34.2. The molecule has 2 aromatic rings. The summed E-state index contributed by atoms with van der Waals surface area (Å²) in [6.45, 7) is 15.3. The number of benzene rings is 1. The van der Waals surface area contributed by atoms with Crippen LogP contribution in [-0.2, 0) is 34.4 Å². The number of carbonyl (C=O) groups excluding carboxylic acids is 4. The number of urea groups is 1. The number of amides is 5. The van der Waals surface area contributed by atoms with E-state index in [2.05, 4.69) is 20.7 Å². The average Bonchev–Trinajstić information content (AvgIpc) is 3.68. The van der Waals surface area contributed by atoms with Gasteiger partial charge >= 0.3 is 6.03 Å². The van der Waals surface area contributed by atoms with Gasteiger partial charge in [-0.2, -0.15) is 4.31 Å². The SMILES string of the molecule is CN(C[C@@H](NC(=O)N[C@H](C(=O)N1C[C@H]2C([C@H]1C(=O)NC1(C(=O)NS(=O)(=O)c3ccccc3)CC1)C2(C)C)C(C)(C)C)C(C)(C)C)S(=O)(=O)c1cccs1. The molecule has 14 nitrogen and oxygen atoms in total. The maximum atomic E-state index is 14.5. The van der Waals surface area contributed by atoms with Gasteiger partial charge in [0.15, 0.2) is 0 Å². The third kappa shape index (κ3) is 8.27. The summed E-state index contributed by atoms with van der Waals surface area (Å²) in [6.07, 6.45) is 0.469. The van der Waals surface area contributed by atoms with Gasteiger partial charge in [-0.25, -0.2) is 26.4 Å². The highest BCUT2D eigenvalue weighted by atomic mass is 32.2. The number of hydrogen-bond donors (Lipinski definition) is 4. The molecule has 3 aliphatic rings. The number of likely N-dealkylation sites (N-methyl/N-ethyl adjacent to an activating group) is 1. The molecule has 0 radical (unpaired) electrons. The summed E-state index contributed by atoms with van der Waals surface area (Å²) in [5.74, 6) is -2.07. The van der Waals surface area contributed by atoms with Crippen molar-refractivity contribution in [2.75, 3.05) is 20.1 Å². The highest BCUT2D eigenvalue weighted by molar-refractivity contribution is 7.91. The minimum Gasteiger partial charge on any atom is -0.340 e. The third-order valence-corrected chi connectivity index (χ3v) is 15.5. The van der Waals surface area contributed by atoms with Crippen LogP contribution in [0.5, 0.6) is 0 Å². The molecule has 1 aliphatic heterocycles. The molecular formula is C36H52N6O8S3. The van der Waals surface area contributed by atoms with Crippen molar-refractivity contribution >= 4 is 55.1 Å². The van der Waals surface area contributed by atoms with E-state index in [-0.39, 0.29) is 52.3 Å². The molecule has 1 saturated heterocycles. The molecule has 2 aliphatic carbocycles. The lowest BCUT2D eigenvalue weighted by molar-refractivity contribution is -0.144. The molecule has 0 spiro atoms. The van der Waals surface area contributed by atoms with Crippen LogP contribution < -0.4 is 20.7 Å². The molecule has 5 atom stereocenters. The smallest absolute Gasteiger partial charge is 0.315 e. The monoisotopic (exact) mass is 792 g/mol. The van der Waals surface area contributed by atoms with E-state index in [1.54, 1.807) is 38.3 Å². The molecule has 3 fully saturated rings. The van der Waals surface area contributed by atoms with Crippen molar-refractivity contribution in [3.05, 3.63) is 47.8 Å². The molecule has 1 unspecified atom stereocenters. The van der Waals surface area contributed by atoms with Gasteiger partial charge in [-0.15, -0.1) is 11.3 Å². The van der Waals surface area contributed by atoms with Gasteiger partial charge < -0.3 is 20.9 Å². The first kappa shape index (κ1) is 40.6. The first-order valence-corrected chi connectivity index (χ1v) is 21.4. The number of hydrogen-bond acceptors (Lipinski definition) is 9. The molecule has 292 valence electrons. The van der Waals surface area contributed by atoms with E-state index in [4.69, 9.17) is 0 Å².